The number of imidazole rings is 1. The Labute approximate surface area is 115 Å². The lowest BCUT2D eigenvalue weighted by atomic mass is 10.2. The van der Waals surface area contributed by atoms with Crippen LogP contribution in [0.25, 0.3) is 0 Å². The first-order chi connectivity index (χ1) is 9.54. The minimum absolute atomic E-state index is 0.146. The van der Waals surface area contributed by atoms with Gasteiger partial charge in [-0.1, -0.05) is 0 Å². The highest BCUT2D eigenvalue weighted by Crippen LogP contribution is 2.23. The van der Waals surface area contributed by atoms with Crippen LogP contribution in [-0.2, 0) is 0 Å². The van der Waals surface area contributed by atoms with E-state index in [0.29, 0.717) is 18.8 Å². The quantitative estimate of drug-likeness (QED) is 0.841. The number of carbonyl (C=O) groups is 1. The molecule has 2 aromatic heterocycles. The van der Waals surface area contributed by atoms with E-state index in [9.17, 15) is 9.59 Å². The number of aromatic amines is 2. The maximum atomic E-state index is 12.2. The van der Waals surface area contributed by atoms with Crippen molar-refractivity contribution in [2.75, 3.05) is 13.1 Å². The minimum Gasteiger partial charge on any atom is -0.335 e. The summed E-state index contributed by atoms with van der Waals surface area (Å²) in [4.78, 5) is 30.0. The van der Waals surface area contributed by atoms with Crippen LogP contribution in [0.4, 0.5) is 0 Å². The summed E-state index contributed by atoms with van der Waals surface area (Å²) in [5.74, 6) is -0.146. The molecule has 7 heteroatoms. The Morgan fingerprint density at radius 3 is 2.85 bits per heavy atom. The van der Waals surface area contributed by atoms with Crippen LogP contribution in [0.1, 0.15) is 34.3 Å². The van der Waals surface area contributed by atoms with Crippen LogP contribution in [0.2, 0.25) is 0 Å². The molecule has 0 spiro atoms. The monoisotopic (exact) mass is 275 g/mol. The van der Waals surface area contributed by atoms with Crippen LogP contribution in [0.3, 0.4) is 0 Å². The molecule has 1 aliphatic rings. The van der Waals surface area contributed by atoms with Gasteiger partial charge in [-0.25, -0.2) is 4.79 Å². The Hall–Kier alpha value is -2.31. The molecule has 20 heavy (non-hydrogen) atoms. The first kappa shape index (κ1) is 12.7. The Bertz CT molecular complexity index is 696. The molecule has 0 aliphatic carbocycles. The number of aromatic nitrogens is 4. The molecule has 0 saturated carbocycles. The molecule has 7 nitrogen and oxygen atoms in total. The van der Waals surface area contributed by atoms with Crippen molar-refractivity contribution in [2.24, 2.45) is 0 Å². The molecule has 1 amide bonds. The molecule has 1 saturated heterocycles. The van der Waals surface area contributed by atoms with Crippen molar-refractivity contribution < 1.29 is 4.79 Å². The molecule has 3 heterocycles. The number of nitrogens with one attached hydrogen (secondary N) is 2. The van der Waals surface area contributed by atoms with E-state index >= 15 is 0 Å². The molecule has 0 radical (unpaired) electrons. The van der Waals surface area contributed by atoms with Gasteiger partial charge in [0.05, 0.1) is 11.7 Å². The normalized spacial score (nSPS) is 18.7. The maximum Gasteiger partial charge on any atom is 0.323 e. The highest BCUT2D eigenvalue weighted by Gasteiger charge is 2.29. The molecule has 0 aromatic carbocycles. The second-order valence-electron chi connectivity index (χ2n) is 5.22. The summed E-state index contributed by atoms with van der Waals surface area (Å²) in [6.45, 7) is 5.28. The summed E-state index contributed by atoms with van der Waals surface area (Å²) in [7, 11) is 0. The van der Waals surface area contributed by atoms with Crippen molar-refractivity contribution in [1.29, 1.82) is 0 Å². The molecule has 2 N–H and O–H groups in total. The number of nitrogens with zero attached hydrogens (tertiary/aromatic N) is 3. The van der Waals surface area contributed by atoms with E-state index in [2.05, 4.69) is 15.1 Å². The van der Waals surface area contributed by atoms with E-state index in [1.807, 2.05) is 24.6 Å². The van der Waals surface area contributed by atoms with Gasteiger partial charge in [0, 0.05) is 25.0 Å². The number of aryl methyl sites for hydroxylation is 2. The maximum absolute atomic E-state index is 12.2. The Balaban J connectivity index is 1.75. The molecule has 1 atom stereocenters. The SMILES string of the molecule is Cc1cc(C)n(C2CCN(C(=O)c3c[nH]c(=O)[nH]3)C2)n1. The second-order valence-corrected chi connectivity index (χ2v) is 5.22. The minimum atomic E-state index is -0.359. The third-order valence-corrected chi connectivity index (χ3v) is 3.67. The number of hydrogen-bond acceptors (Lipinski definition) is 3. The van der Waals surface area contributed by atoms with Gasteiger partial charge in [-0.15, -0.1) is 0 Å². The summed E-state index contributed by atoms with van der Waals surface area (Å²) in [6.07, 6.45) is 2.30. The lowest BCUT2D eigenvalue weighted by Gasteiger charge is -2.16. The Morgan fingerprint density at radius 2 is 2.25 bits per heavy atom. The van der Waals surface area contributed by atoms with Crippen LogP contribution in [0.15, 0.2) is 17.1 Å². The molecular formula is C13H17N5O2. The van der Waals surface area contributed by atoms with E-state index in [-0.39, 0.29) is 17.6 Å². The smallest absolute Gasteiger partial charge is 0.323 e. The highest BCUT2D eigenvalue weighted by molar-refractivity contribution is 5.92. The largest absolute Gasteiger partial charge is 0.335 e. The van der Waals surface area contributed by atoms with Gasteiger partial charge in [0.25, 0.3) is 5.91 Å². The van der Waals surface area contributed by atoms with E-state index in [1.165, 1.54) is 6.20 Å². The molecule has 1 fully saturated rings. The highest BCUT2D eigenvalue weighted by atomic mass is 16.2. The molecule has 0 bridgehead atoms. The van der Waals surface area contributed by atoms with Crippen LogP contribution >= 0.6 is 0 Å². The number of likely N-dealkylation sites (tertiary alicyclic amines) is 1. The zero-order valence-corrected chi connectivity index (χ0v) is 11.5. The number of amides is 1. The van der Waals surface area contributed by atoms with Crippen LogP contribution in [-0.4, -0.2) is 43.6 Å². The molecule has 1 aliphatic heterocycles. The topological polar surface area (TPSA) is 86.8 Å². The van der Waals surface area contributed by atoms with E-state index in [1.54, 1.807) is 4.90 Å². The zero-order valence-electron chi connectivity index (χ0n) is 11.5. The lowest BCUT2D eigenvalue weighted by Crippen LogP contribution is -2.30. The van der Waals surface area contributed by atoms with Gasteiger partial charge in [0.15, 0.2) is 0 Å². The first-order valence-corrected chi connectivity index (χ1v) is 6.64. The third kappa shape index (κ3) is 2.15. The van der Waals surface area contributed by atoms with Gasteiger partial charge in [-0.2, -0.15) is 5.10 Å². The predicted octanol–water partition coefficient (Wildman–Crippen LogP) is 0.604. The molecule has 2 aromatic rings. The lowest BCUT2D eigenvalue weighted by molar-refractivity contribution is 0.0781. The fraction of sp³-hybridized carbons (Fsp3) is 0.462. The molecular weight excluding hydrogens is 258 g/mol. The first-order valence-electron chi connectivity index (χ1n) is 6.64. The summed E-state index contributed by atoms with van der Waals surface area (Å²) in [6, 6.07) is 2.24. The summed E-state index contributed by atoms with van der Waals surface area (Å²) in [5.41, 5.74) is 2.05. The average molecular weight is 275 g/mol. The van der Waals surface area contributed by atoms with Crippen LogP contribution in [0, 0.1) is 13.8 Å². The number of H-pyrrole nitrogens is 2. The number of rotatable bonds is 2. The molecule has 1 unspecified atom stereocenters. The molecule has 3 rings (SSSR count). The second kappa shape index (κ2) is 4.66. The zero-order chi connectivity index (χ0) is 14.3. The van der Waals surface area contributed by atoms with Gasteiger partial charge in [0.2, 0.25) is 0 Å². The number of hydrogen-bond donors (Lipinski definition) is 2. The van der Waals surface area contributed by atoms with Gasteiger partial charge in [-0.05, 0) is 26.3 Å². The standard InChI is InChI=1S/C13H17N5O2/c1-8-5-9(2)18(16-8)10-3-4-17(7-10)12(19)11-6-14-13(20)15-11/h5-6,10H,3-4,7H2,1-2H3,(H2,14,15,20). The number of carbonyl (C=O) groups excluding carboxylic acids is 1. The van der Waals surface area contributed by atoms with Crippen molar-refractivity contribution in [1.82, 2.24) is 24.6 Å². The fourth-order valence-corrected chi connectivity index (χ4v) is 2.76. The van der Waals surface area contributed by atoms with Gasteiger partial charge in [0.1, 0.15) is 5.69 Å². The fourth-order valence-electron chi connectivity index (χ4n) is 2.76. The predicted molar refractivity (Wildman–Crippen MR) is 72.7 cm³/mol. The Morgan fingerprint density at radius 1 is 1.45 bits per heavy atom. The van der Waals surface area contributed by atoms with Gasteiger partial charge >= 0.3 is 5.69 Å². The van der Waals surface area contributed by atoms with E-state index in [0.717, 1.165) is 17.8 Å². The van der Waals surface area contributed by atoms with Crippen molar-refractivity contribution in [3.8, 4) is 0 Å². The van der Waals surface area contributed by atoms with E-state index < -0.39 is 0 Å². The van der Waals surface area contributed by atoms with Crippen LogP contribution < -0.4 is 5.69 Å². The third-order valence-electron chi connectivity index (χ3n) is 3.67. The van der Waals surface area contributed by atoms with Crippen molar-refractivity contribution >= 4 is 5.91 Å². The molecule has 106 valence electrons. The van der Waals surface area contributed by atoms with Crippen molar-refractivity contribution in [2.45, 2.75) is 26.3 Å². The summed E-state index contributed by atoms with van der Waals surface area (Å²) >= 11 is 0. The summed E-state index contributed by atoms with van der Waals surface area (Å²) < 4.78 is 1.99. The Kier molecular flexibility index (Phi) is 2.96. The average Bonchev–Trinajstić information content (AvgIpc) is 3.08. The van der Waals surface area contributed by atoms with Crippen molar-refractivity contribution in [3.05, 3.63) is 39.8 Å². The van der Waals surface area contributed by atoms with Gasteiger partial charge in [-0.3, -0.25) is 9.48 Å². The van der Waals surface area contributed by atoms with Crippen molar-refractivity contribution in [3.63, 3.8) is 0 Å². The summed E-state index contributed by atoms with van der Waals surface area (Å²) in [5, 5.41) is 4.48. The van der Waals surface area contributed by atoms with Gasteiger partial charge < -0.3 is 14.9 Å². The van der Waals surface area contributed by atoms with E-state index in [4.69, 9.17) is 0 Å². The van der Waals surface area contributed by atoms with Crippen LogP contribution in [0.5, 0.6) is 0 Å².